The highest BCUT2D eigenvalue weighted by Gasteiger charge is 2.16. The van der Waals surface area contributed by atoms with Crippen LogP contribution in [-0.4, -0.2) is 32.2 Å². The van der Waals surface area contributed by atoms with Gasteiger partial charge in [0.25, 0.3) is 0 Å². The molecule has 0 aliphatic heterocycles. The second-order valence-electron chi connectivity index (χ2n) is 6.30. The Kier molecular flexibility index (Phi) is 6.73. The molecule has 29 heavy (non-hydrogen) atoms. The van der Waals surface area contributed by atoms with Crippen LogP contribution < -0.4 is 19.5 Å². The van der Waals surface area contributed by atoms with Crippen LogP contribution in [0.3, 0.4) is 0 Å². The molecule has 3 rings (SSSR count). The van der Waals surface area contributed by atoms with Crippen LogP contribution in [0, 0.1) is 0 Å². The van der Waals surface area contributed by atoms with Crippen LogP contribution in [0.15, 0.2) is 53.3 Å². The van der Waals surface area contributed by atoms with Gasteiger partial charge in [0.2, 0.25) is 11.7 Å². The molecule has 0 fully saturated rings. The molecule has 0 saturated heterocycles. The van der Waals surface area contributed by atoms with E-state index in [1.807, 2.05) is 30.3 Å². The summed E-state index contributed by atoms with van der Waals surface area (Å²) in [6.07, 6.45) is 4.18. The van der Waals surface area contributed by atoms with Gasteiger partial charge in [-0.3, -0.25) is 9.78 Å². The lowest BCUT2D eigenvalue weighted by atomic mass is 10.1. The van der Waals surface area contributed by atoms with Crippen molar-refractivity contribution in [3.8, 4) is 28.7 Å². The number of methoxy groups -OCH3 is 3. The minimum Gasteiger partial charge on any atom is -0.493 e. The minimum atomic E-state index is -0.0584. The number of furan rings is 1. The Morgan fingerprint density at radius 3 is 2.48 bits per heavy atom. The first-order chi connectivity index (χ1) is 14.2. The molecule has 3 aromatic rings. The lowest BCUT2D eigenvalue weighted by Crippen LogP contribution is -2.23. The van der Waals surface area contributed by atoms with Gasteiger partial charge in [0, 0.05) is 19.2 Å². The molecule has 0 saturated carbocycles. The molecule has 7 heteroatoms. The Bertz CT molecular complexity index is 937. The van der Waals surface area contributed by atoms with Crippen LogP contribution in [0.5, 0.6) is 17.2 Å². The smallest absolute Gasteiger partial charge is 0.220 e. The monoisotopic (exact) mass is 396 g/mol. The van der Waals surface area contributed by atoms with E-state index in [4.69, 9.17) is 18.6 Å². The maximum Gasteiger partial charge on any atom is 0.220 e. The lowest BCUT2D eigenvalue weighted by Gasteiger charge is -2.15. The average Bonchev–Trinajstić information content (AvgIpc) is 3.30. The van der Waals surface area contributed by atoms with Gasteiger partial charge in [-0.1, -0.05) is 12.1 Å². The molecule has 0 atom stereocenters. The molecule has 1 aromatic carbocycles. The number of nitrogens with zero attached hydrogens (tertiary/aromatic N) is 1. The summed E-state index contributed by atoms with van der Waals surface area (Å²) in [5, 5.41) is 2.91. The van der Waals surface area contributed by atoms with Crippen molar-refractivity contribution < 1.29 is 23.4 Å². The highest BCUT2D eigenvalue weighted by molar-refractivity contribution is 5.76. The molecule has 2 aromatic heterocycles. The number of benzene rings is 1. The second-order valence-corrected chi connectivity index (χ2v) is 6.30. The fourth-order valence-electron chi connectivity index (χ4n) is 3.00. The molecular weight excluding hydrogens is 372 g/mol. The predicted molar refractivity (Wildman–Crippen MR) is 108 cm³/mol. The highest BCUT2D eigenvalue weighted by atomic mass is 16.5. The predicted octanol–water partition coefficient (Wildman–Crippen LogP) is 3.62. The van der Waals surface area contributed by atoms with Crippen LogP contribution in [0.2, 0.25) is 0 Å². The lowest BCUT2D eigenvalue weighted by molar-refractivity contribution is -0.121. The molecule has 152 valence electrons. The number of aryl methyl sites for hydroxylation is 1. The zero-order chi connectivity index (χ0) is 20.6. The number of ether oxygens (including phenoxy) is 3. The van der Waals surface area contributed by atoms with Crippen LogP contribution in [0.4, 0.5) is 0 Å². The topological polar surface area (TPSA) is 82.8 Å². The number of nitrogens with one attached hydrogen (secondary N) is 1. The summed E-state index contributed by atoms with van der Waals surface area (Å²) in [7, 11) is 4.70. The van der Waals surface area contributed by atoms with Gasteiger partial charge in [-0.2, -0.15) is 0 Å². The summed E-state index contributed by atoms with van der Waals surface area (Å²) < 4.78 is 21.4. The van der Waals surface area contributed by atoms with Crippen molar-refractivity contribution >= 4 is 5.91 Å². The van der Waals surface area contributed by atoms with Crippen LogP contribution in [0.25, 0.3) is 11.5 Å². The number of pyridine rings is 1. The van der Waals surface area contributed by atoms with Crippen molar-refractivity contribution in [2.45, 2.75) is 19.4 Å². The number of rotatable bonds is 9. The third-order valence-electron chi connectivity index (χ3n) is 4.50. The Hall–Kier alpha value is -3.48. The van der Waals surface area contributed by atoms with Crippen LogP contribution in [0.1, 0.15) is 17.5 Å². The van der Waals surface area contributed by atoms with Crippen molar-refractivity contribution in [3.63, 3.8) is 0 Å². The molecule has 0 spiro atoms. The van der Waals surface area contributed by atoms with Gasteiger partial charge in [0.05, 0.1) is 27.6 Å². The first-order valence-electron chi connectivity index (χ1n) is 9.19. The van der Waals surface area contributed by atoms with Gasteiger partial charge in [0.15, 0.2) is 17.3 Å². The third-order valence-corrected chi connectivity index (χ3v) is 4.50. The van der Waals surface area contributed by atoms with E-state index in [-0.39, 0.29) is 5.91 Å². The van der Waals surface area contributed by atoms with E-state index in [1.165, 1.54) is 0 Å². The standard InChI is InChI=1S/C22H24N2O5/c1-26-19-10-7-16(21(27-2)22(19)28-3)8-11-20(25)24-14-15-6-9-17(23-13-15)18-5-4-12-29-18/h4-7,9-10,12-13H,8,11,14H2,1-3H3,(H,24,25). The highest BCUT2D eigenvalue weighted by Crippen LogP contribution is 2.40. The van der Waals surface area contributed by atoms with Crippen LogP contribution in [-0.2, 0) is 17.8 Å². The zero-order valence-electron chi connectivity index (χ0n) is 16.7. The third kappa shape index (κ3) is 4.87. The molecule has 1 amide bonds. The van der Waals surface area contributed by atoms with Gasteiger partial charge in [-0.15, -0.1) is 0 Å². The summed E-state index contributed by atoms with van der Waals surface area (Å²) in [5.74, 6) is 2.34. The average molecular weight is 396 g/mol. The van der Waals surface area contributed by atoms with E-state index in [2.05, 4.69) is 10.3 Å². The number of carbonyl (C=O) groups excluding carboxylic acids is 1. The SMILES string of the molecule is COc1ccc(CCC(=O)NCc2ccc(-c3ccco3)nc2)c(OC)c1OC. The van der Waals surface area contributed by atoms with Crippen molar-refractivity contribution in [2.75, 3.05) is 21.3 Å². The number of hydrogen-bond acceptors (Lipinski definition) is 6. The first-order valence-corrected chi connectivity index (χ1v) is 9.19. The zero-order valence-corrected chi connectivity index (χ0v) is 16.7. The molecule has 0 aliphatic carbocycles. The Morgan fingerprint density at radius 2 is 1.86 bits per heavy atom. The van der Waals surface area contributed by atoms with E-state index in [0.29, 0.717) is 42.4 Å². The Morgan fingerprint density at radius 1 is 1.03 bits per heavy atom. The molecule has 0 radical (unpaired) electrons. The van der Waals surface area contributed by atoms with Gasteiger partial charge >= 0.3 is 0 Å². The molecular formula is C22H24N2O5. The first kappa shape index (κ1) is 20.3. The summed E-state index contributed by atoms with van der Waals surface area (Å²) in [4.78, 5) is 16.6. The van der Waals surface area contributed by atoms with Gasteiger partial charge in [-0.25, -0.2) is 0 Å². The van der Waals surface area contributed by atoms with E-state index in [0.717, 1.165) is 16.8 Å². The Labute approximate surface area is 169 Å². The fourth-order valence-corrected chi connectivity index (χ4v) is 3.00. The normalized spacial score (nSPS) is 10.4. The number of hydrogen-bond donors (Lipinski definition) is 1. The maximum absolute atomic E-state index is 12.3. The van der Waals surface area contributed by atoms with Gasteiger partial charge in [0.1, 0.15) is 5.69 Å². The quantitative estimate of drug-likeness (QED) is 0.595. The summed E-state index contributed by atoms with van der Waals surface area (Å²) >= 11 is 0. The maximum atomic E-state index is 12.3. The molecule has 0 bridgehead atoms. The van der Waals surface area contributed by atoms with E-state index in [9.17, 15) is 4.79 Å². The van der Waals surface area contributed by atoms with E-state index < -0.39 is 0 Å². The van der Waals surface area contributed by atoms with E-state index in [1.54, 1.807) is 39.9 Å². The fraction of sp³-hybridized carbons (Fsp3) is 0.273. The van der Waals surface area contributed by atoms with Gasteiger partial charge in [-0.05, 0) is 41.8 Å². The van der Waals surface area contributed by atoms with Gasteiger partial charge < -0.3 is 23.9 Å². The molecule has 7 nitrogen and oxygen atoms in total. The largest absolute Gasteiger partial charge is 0.493 e. The summed E-state index contributed by atoms with van der Waals surface area (Å²) in [6.45, 7) is 0.410. The molecule has 1 N–H and O–H groups in total. The Balaban J connectivity index is 1.55. The molecule has 2 heterocycles. The number of amides is 1. The van der Waals surface area contributed by atoms with Crippen molar-refractivity contribution in [3.05, 3.63) is 60.0 Å². The van der Waals surface area contributed by atoms with E-state index >= 15 is 0 Å². The molecule has 0 aliphatic rings. The summed E-state index contributed by atoms with van der Waals surface area (Å²) in [5.41, 5.74) is 2.55. The number of aromatic nitrogens is 1. The van der Waals surface area contributed by atoms with Crippen molar-refractivity contribution in [1.82, 2.24) is 10.3 Å². The van der Waals surface area contributed by atoms with Crippen molar-refractivity contribution in [1.29, 1.82) is 0 Å². The second kappa shape index (κ2) is 9.64. The minimum absolute atomic E-state index is 0.0584. The number of carbonyl (C=O) groups is 1. The van der Waals surface area contributed by atoms with Crippen molar-refractivity contribution in [2.24, 2.45) is 0 Å². The summed E-state index contributed by atoms with van der Waals surface area (Å²) in [6, 6.07) is 11.1. The van der Waals surface area contributed by atoms with Crippen LogP contribution >= 0.6 is 0 Å². The molecule has 0 unspecified atom stereocenters.